The van der Waals surface area contributed by atoms with E-state index in [2.05, 4.69) is 5.32 Å². The Balaban J connectivity index is 1.11. The summed E-state index contributed by atoms with van der Waals surface area (Å²) in [5.41, 5.74) is 3.55. The number of carbonyl (C=O) groups excluding carboxylic acids is 2. The molecule has 7 heteroatoms. The fourth-order valence-corrected chi connectivity index (χ4v) is 6.94. The van der Waals surface area contributed by atoms with E-state index in [1.165, 1.54) is 19.3 Å². The second-order valence-corrected chi connectivity index (χ2v) is 11.2. The van der Waals surface area contributed by atoms with E-state index in [9.17, 15) is 9.59 Å². The van der Waals surface area contributed by atoms with Gasteiger partial charge in [-0.3, -0.25) is 9.59 Å². The minimum atomic E-state index is -0.137. The second-order valence-electron chi connectivity index (χ2n) is 11.2. The molecule has 7 nitrogen and oxygen atoms in total. The van der Waals surface area contributed by atoms with E-state index >= 15 is 0 Å². The minimum Gasteiger partial charge on any atom is -0.490 e. The Morgan fingerprint density at radius 3 is 2.78 bits per heavy atom. The summed E-state index contributed by atoms with van der Waals surface area (Å²) in [6, 6.07) is 9.77. The second kappa shape index (κ2) is 8.43. The van der Waals surface area contributed by atoms with E-state index in [-0.39, 0.29) is 30.1 Å². The average Bonchev–Trinajstić information content (AvgIpc) is 3.56. The Hall–Kier alpha value is -3.22. The molecule has 5 atom stereocenters. The van der Waals surface area contributed by atoms with Gasteiger partial charge in [0.05, 0.1) is 12.6 Å². The molecule has 36 heavy (non-hydrogen) atoms. The maximum atomic E-state index is 13.9. The highest BCUT2D eigenvalue weighted by Gasteiger charge is 2.44. The van der Waals surface area contributed by atoms with Gasteiger partial charge in [-0.15, -0.1) is 0 Å². The number of nitrogens with zero attached hydrogens (tertiary/aromatic N) is 1. The van der Waals surface area contributed by atoms with Crippen molar-refractivity contribution in [3.8, 4) is 17.2 Å². The first-order chi connectivity index (χ1) is 17.5. The van der Waals surface area contributed by atoms with E-state index < -0.39 is 0 Å². The summed E-state index contributed by atoms with van der Waals surface area (Å²) in [7, 11) is 0. The Labute approximate surface area is 211 Å². The van der Waals surface area contributed by atoms with Gasteiger partial charge < -0.3 is 24.4 Å². The third-order valence-corrected chi connectivity index (χ3v) is 8.72. The fourth-order valence-electron chi connectivity index (χ4n) is 6.94. The molecule has 1 saturated heterocycles. The molecule has 188 valence electrons. The van der Waals surface area contributed by atoms with E-state index in [1.807, 2.05) is 42.2 Å². The first-order valence-corrected chi connectivity index (χ1v) is 13.3. The van der Waals surface area contributed by atoms with Crippen LogP contribution >= 0.6 is 0 Å². The average molecular weight is 489 g/mol. The van der Waals surface area contributed by atoms with E-state index in [4.69, 9.17) is 14.2 Å². The van der Waals surface area contributed by atoms with Crippen LogP contribution in [0.2, 0.25) is 0 Å². The van der Waals surface area contributed by atoms with E-state index in [0.29, 0.717) is 54.7 Å². The van der Waals surface area contributed by atoms with Crippen LogP contribution in [0.25, 0.3) is 0 Å². The van der Waals surface area contributed by atoms with Gasteiger partial charge in [-0.25, -0.2) is 0 Å². The van der Waals surface area contributed by atoms with Crippen LogP contribution in [-0.4, -0.2) is 48.1 Å². The van der Waals surface area contributed by atoms with Crippen LogP contribution in [0.15, 0.2) is 30.3 Å². The van der Waals surface area contributed by atoms with Crippen molar-refractivity contribution in [3.63, 3.8) is 0 Å². The lowest BCUT2D eigenvalue weighted by atomic mass is 9.97. The summed E-state index contributed by atoms with van der Waals surface area (Å²) >= 11 is 0. The van der Waals surface area contributed by atoms with Gasteiger partial charge in [-0.2, -0.15) is 0 Å². The largest absolute Gasteiger partial charge is 0.490 e. The van der Waals surface area contributed by atoms with Crippen molar-refractivity contribution < 1.29 is 23.8 Å². The van der Waals surface area contributed by atoms with Crippen molar-refractivity contribution in [1.82, 2.24) is 4.90 Å². The number of ether oxygens (including phenoxy) is 3. The highest BCUT2D eigenvalue weighted by molar-refractivity contribution is 6.00. The number of hydrogen-bond acceptors (Lipinski definition) is 5. The van der Waals surface area contributed by atoms with Crippen LogP contribution in [0.1, 0.15) is 60.0 Å². The zero-order chi connectivity index (χ0) is 24.4. The lowest BCUT2D eigenvalue weighted by Gasteiger charge is -2.26. The first kappa shape index (κ1) is 22.0. The van der Waals surface area contributed by atoms with Gasteiger partial charge >= 0.3 is 0 Å². The molecule has 0 aromatic heterocycles. The Kier molecular flexibility index (Phi) is 5.15. The smallest absolute Gasteiger partial charge is 0.261 e. The number of fused-ring (bicyclic) bond motifs is 5. The van der Waals surface area contributed by atoms with Crippen LogP contribution in [-0.2, 0) is 11.2 Å². The maximum Gasteiger partial charge on any atom is 0.261 e. The van der Waals surface area contributed by atoms with Gasteiger partial charge in [0.25, 0.3) is 5.91 Å². The maximum absolute atomic E-state index is 13.9. The monoisotopic (exact) mass is 488 g/mol. The molecule has 2 saturated carbocycles. The number of anilines is 1. The molecule has 3 aliphatic heterocycles. The number of rotatable bonds is 4. The highest BCUT2D eigenvalue weighted by Crippen LogP contribution is 2.47. The van der Waals surface area contributed by atoms with Gasteiger partial charge in [0.2, 0.25) is 5.91 Å². The van der Waals surface area contributed by atoms with Gasteiger partial charge in [0.1, 0.15) is 41.6 Å². The topological polar surface area (TPSA) is 77.1 Å². The molecular weight excluding hydrogens is 456 g/mol. The molecule has 2 aliphatic carbocycles. The third-order valence-electron chi connectivity index (χ3n) is 8.72. The van der Waals surface area contributed by atoms with Gasteiger partial charge in [0.15, 0.2) is 0 Å². The molecule has 5 aliphatic rings. The van der Waals surface area contributed by atoms with Gasteiger partial charge in [-0.1, -0.05) is 6.07 Å². The molecule has 0 spiro atoms. The van der Waals surface area contributed by atoms with Crippen molar-refractivity contribution in [2.45, 2.75) is 70.1 Å². The summed E-state index contributed by atoms with van der Waals surface area (Å²) < 4.78 is 19.1. The van der Waals surface area contributed by atoms with Crippen LogP contribution in [0.4, 0.5) is 5.69 Å². The highest BCUT2D eigenvalue weighted by atomic mass is 16.5. The Morgan fingerprint density at radius 2 is 1.94 bits per heavy atom. The summed E-state index contributed by atoms with van der Waals surface area (Å²) in [4.78, 5) is 27.6. The first-order valence-electron chi connectivity index (χ1n) is 13.3. The zero-order valence-electron chi connectivity index (χ0n) is 20.6. The van der Waals surface area contributed by atoms with Gasteiger partial charge in [0, 0.05) is 24.6 Å². The lowest BCUT2D eigenvalue weighted by Crippen LogP contribution is -2.37. The Morgan fingerprint density at radius 1 is 1.03 bits per heavy atom. The van der Waals surface area contributed by atoms with Crippen molar-refractivity contribution in [2.75, 3.05) is 18.5 Å². The van der Waals surface area contributed by atoms with Crippen LogP contribution in [0, 0.1) is 18.8 Å². The van der Waals surface area contributed by atoms with Crippen LogP contribution in [0.3, 0.4) is 0 Å². The fraction of sp³-hybridized carbons (Fsp3) is 0.517. The van der Waals surface area contributed by atoms with Gasteiger partial charge in [-0.05, 0) is 80.2 Å². The van der Waals surface area contributed by atoms with Crippen molar-refractivity contribution in [2.24, 2.45) is 11.8 Å². The standard InChI is InChI=1S/C29H32N2O5/c1-16-8-25-28(26(9-16)36-24-11-17-2-3-19(24)10-17)29(33)31-14-22(12-20(31)15-34-25)35-21-6-4-18-5-7-27(32)30-23(18)13-21/h4,6,8-9,13,17,19-20,22,24H,2-3,5,7,10-12,14-15H2,1H3,(H,30,32)/t17-,19+,20-,22+,24-/m1/s1. The number of benzene rings is 2. The molecule has 0 unspecified atom stereocenters. The zero-order valence-corrected chi connectivity index (χ0v) is 20.6. The molecule has 1 N–H and O–H groups in total. The van der Waals surface area contributed by atoms with E-state index in [0.717, 1.165) is 35.6 Å². The summed E-state index contributed by atoms with van der Waals surface area (Å²) in [6.07, 6.45) is 6.91. The van der Waals surface area contributed by atoms with Crippen molar-refractivity contribution in [1.29, 1.82) is 0 Å². The van der Waals surface area contributed by atoms with E-state index in [1.54, 1.807) is 0 Å². The predicted molar refractivity (Wildman–Crippen MR) is 134 cm³/mol. The molecular formula is C29H32N2O5. The quantitative estimate of drug-likeness (QED) is 0.686. The van der Waals surface area contributed by atoms with Crippen molar-refractivity contribution >= 4 is 17.5 Å². The predicted octanol–water partition coefficient (Wildman–Crippen LogP) is 4.50. The number of hydrogen-bond donors (Lipinski definition) is 1. The van der Waals surface area contributed by atoms with Crippen LogP contribution in [0.5, 0.6) is 17.2 Å². The molecule has 2 aromatic carbocycles. The summed E-state index contributed by atoms with van der Waals surface area (Å²) in [6.45, 7) is 2.96. The summed E-state index contributed by atoms with van der Waals surface area (Å²) in [5, 5.41) is 2.93. The van der Waals surface area contributed by atoms with Crippen molar-refractivity contribution in [3.05, 3.63) is 47.0 Å². The third kappa shape index (κ3) is 3.80. The SMILES string of the molecule is Cc1cc2c(c(O[C@@H]3C[C@@H]4CC[C@H]3C4)c1)C(=O)N1C[C@@H](Oc3ccc4c(c3)NC(=O)CC4)C[C@@H]1CO2. The molecule has 2 aromatic rings. The minimum absolute atomic E-state index is 0.0329. The summed E-state index contributed by atoms with van der Waals surface area (Å²) in [5.74, 6) is 3.39. The number of nitrogens with one attached hydrogen (secondary N) is 1. The normalized spacial score (nSPS) is 30.1. The molecule has 2 bridgehead atoms. The molecule has 3 heterocycles. The molecule has 7 rings (SSSR count). The van der Waals surface area contributed by atoms with Crippen LogP contribution < -0.4 is 19.5 Å². The molecule has 3 fully saturated rings. The number of carbonyl (C=O) groups is 2. The Bertz CT molecular complexity index is 1240. The molecule has 2 amide bonds. The lowest BCUT2D eigenvalue weighted by molar-refractivity contribution is -0.116. The number of amides is 2. The number of aryl methyl sites for hydroxylation is 2. The molecule has 0 radical (unpaired) electrons.